The molecule has 27 heavy (non-hydrogen) atoms. The van der Waals surface area contributed by atoms with Crippen LogP contribution >= 0.6 is 0 Å². The summed E-state index contributed by atoms with van der Waals surface area (Å²) in [6.45, 7) is 5.47. The van der Waals surface area contributed by atoms with Crippen molar-refractivity contribution in [2.75, 3.05) is 41.4 Å². The van der Waals surface area contributed by atoms with E-state index >= 15 is 0 Å². The first-order chi connectivity index (χ1) is 12.9. The number of pyridine rings is 1. The van der Waals surface area contributed by atoms with Crippen molar-refractivity contribution in [3.8, 4) is 0 Å². The molecule has 0 N–H and O–H groups in total. The van der Waals surface area contributed by atoms with E-state index in [1.165, 1.54) is 5.56 Å². The zero-order chi connectivity index (χ0) is 19.4. The average Bonchev–Trinajstić information content (AvgIpc) is 3.00. The summed E-state index contributed by atoms with van der Waals surface area (Å²) < 4.78 is 23.7. The van der Waals surface area contributed by atoms with Crippen molar-refractivity contribution < 1.29 is 8.42 Å². The molecule has 7 nitrogen and oxygen atoms in total. The number of aromatic nitrogens is 3. The van der Waals surface area contributed by atoms with Gasteiger partial charge in [0.1, 0.15) is 5.82 Å². The van der Waals surface area contributed by atoms with Gasteiger partial charge in [-0.3, -0.25) is 4.98 Å². The Bertz CT molecular complexity index is 873. The van der Waals surface area contributed by atoms with Gasteiger partial charge in [-0.1, -0.05) is 0 Å². The van der Waals surface area contributed by atoms with E-state index in [1.807, 2.05) is 44.0 Å². The lowest BCUT2D eigenvalue weighted by atomic mass is 10.2. The van der Waals surface area contributed by atoms with Crippen molar-refractivity contribution in [2.45, 2.75) is 32.7 Å². The van der Waals surface area contributed by atoms with Crippen LogP contribution in [0.5, 0.6) is 0 Å². The summed E-state index contributed by atoms with van der Waals surface area (Å²) >= 11 is 0. The summed E-state index contributed by atoms with van der Waals surface area (Å²) in [5.74, 6) is 1.90. The minimum Gasteiger partial charge on any atom is -0.359 e. The van der Waals surface area contributed by atoms with Crippen molar-refractivity contribution in [1.82, 2.24) is 15.0 Å². The molecule has 0 amide bonds. The second-order valence-corrected chi connectivity index (χ2v) is 9.27. The van der Waals surface area contributed by atoms with E-state index in [-0.39, 0.29) is 17.5 Å². The number of sulfone groups is 1. The number of hydrogen-bond donors (Lipinski definition) is 0. The van der Waals surface area contributed by atoms with Crippen molar-refractivity contribution >= 4 is 21.6 Å². The Morgan fingerprint density at radius 1 is 1.22 bits per heavy atom. The molecule has 0 spiro atoms. The van der Waals surface area contributed by atoms with E-state index in [4.69, 9.17) is 4.98 Å². The minimum atomic E-state index is -2.95. The zero-order valence-corrected chi connectivity index (χ0v) is 17.0. The topological polar surface area (TPSA) is 79.3 Å². The fraction of sp³-hybridized carbons (Fsp3) is 0.526. The van der Waals surface area contributed by atoms with Crippen LogP contribution in [-0.4, -0.2) is 61.1 Å². The maximum Gasteiger partial charge on any atom is 0.227 e. The van der Waals surface area contributed by atoms with Crippen LogP contribution < -0.4 is 9.80 Å². The molecule has 0 aromatic carbocycles. The van der Waals surface area contributed by atoms with Crippen molar-refractivity contribution in [1.29, 1.82) is 0 Å². The maximum absolute atomic E-state index is 11.9. The Hall–Kier alpha value is -2.22. The van der Waals surface area contributed by atoms with Gasteiger partial charge in [0.2, 0.25) is 5.95 Å². The molecule has 2 aromatic heterocycles. The van der Waals surface area contributed by atoms with Crippen LogP contribution in [0.1, 0.15) is 24.6 Å². The third-order valence-corrected chi connectivity index (χ3v) is 6.70. The maximum atomic E-state index is 11.9. The lowest BCUT2D eigenvalue weighted by Crippen LogP contribution is -2.37. The monoisotopic (exact) mass is 389 g/mol. The molecule has 0 saturated carbocycles. The molecule has 2 aromatic rings. The Morgan fingerprint density at radius 3 is 2.59 bits per heavy atom. The van der Waals surface area contributed by atoms with Crippen molar-refractivity contribution in [3.05, 3.63) is 41.9 Å². The molecule has 1 atom stereocenters. The van der Waals surface area contributed by atoms with Gasteiger partial charge < -0.3 is 9.80 Å². The molecule has 3 heterocycles. The summed E-state index contributed by atoms with van der Waals surface area (Å²) in [5.41, 5.74) is 2.11. The number of anilines is 2. The highest BCUT2D eigenvalue weighted by Crippen LogP contribution is 2.24. The third-order valence-electron chi connectivity index (χ3n) is 4.95. The highest BCUT2D eigenvalue weighted by molar-refractivity contribution is 7.91. The Balaban J connectivity index is 1.76. The minimum absolute atomic E-state index is 0.0447. The highest BCUT2D eigenvalue weighted by atomic mass is 32.2. The average molecular weight is 390 g/mol. The number of nitrogens with zero attached hydrogens (tertiary/aromatic N) is 5. The molecular weight excluding hydrogens is 362 g/mol. The summed E-state index contributed by atoms with van der Waals surface area (Å²) in [7, 11) is -0.930. The summed E-state index contributed by atoms with van der Waals surface area (Å²) in [6.07, 6.45) is 5.14. The largest absolute Gasteiger partial charge is 0.359 e. The summed E-state index contributed by atoms with van der Waals surface area (Å²) in [6, 6.07) is 5.96. The third kappa shape index (κ3) is 4.94. The Morgan fingerprint density at radius 2 is 1.96 bits per heavy atom. The molecule has 1 aliphatic rings. The zero-order valence-electron chi connectivity index (χ0n) is 16.2. The fourth-order valence-electron chi connectivity index (χ4n) is 3.41. The van der Waals surface area contributed by atoms with Gasteiger partial charge in [0.05, 0.1) is 11.5 Å². The van der Waals surface area contributed by atoms with Crippen LogP contribution in [0.15, 0.2) is 30.6 Å². The van der Waals surface area contributed by atoms with Gasteiger partial charge in [-0.2, -0.15) is 4.98 Å². The van der Waals surface area contributed by atoms with Gasteiger partial charge >= 0.3 is 0 Å². The van der Waals surface area contributed by atoms with Crippen molar-refractivity contribution in [2.24, 2.45) is 0 Å². The molecule has 146 valence electrons. The van der Waals surface area contributed by atoms with E-state index in [2.05, 4.69) is 14.9 Å². The standard InChI is InChI=1S/C19H27N5O2S/c1-4-24(17-8-12-27(25,26)14-17)19-21-15(2)13-18(22-19)23(3)11-7-16-5-9-20-10-6-16/h5-6,9-10,13,17H,4,7-8,11-12,14H2,1-3H3. The van der Waals surface area contributed by atoms with Crippen LogP contribution in [-0.2, 0) is 16.3 Å². The van der Waals surface area contributed by atoms with E-state index in [0.717, 1.165) is 24.5 Å². The molecule has 0 bridgehead atoms. The van der Waals surface area contributed by atoms with Crippen LogP contribution in [0.25, 0.3) is 0 Å². The molecule has 1 saturated heterocycles. The number of hydrogen-bond acceptors (Lipinski definition) is 7. The summed E-state index contributed by atoms with van der Waals surface area (Å²) in [5, 5.41) is 0. The van der Waals surface area contributed by atoms with E-state index < -0.39 is 9.84 Å². The van der Waals surface area contributed by atoms with Crippen LogP contribution in [0, 0.1) is 6.92 Å². The molecule has 1 aliphatic heterocycles. The number of rotatable bonds is 7. The second kappa shape index (κ2) is 8.21. The summed E-state index contributed by atoms with van der Waals surface area (Å²) in [4.78, 5) is 17.5. The molecule has 8 heteroatoms. The van der Waals surface area contributed by atoms with Crippen LogP contribution in [0.3, 0.4) is 0 Å². The predicted molar refractivity (Wildman–Crippen MR) is 108 cm³/mol. The van der Waals surface area contributed by atoms with Gasteiger partial charge in [-0.15, -0.1) is 0 Å². The Labute approximate surface area is 161 Å². The van der Waals surface area contributed by atoms with Crippen LogP contribution in [0.4, 0.5) is 11.8 Å². The van der Waals surface area contributed by atoms with E-state index in [0.29, 0.717) is 18.9 Å². The SMILES string of the molecule is CCN(c1nc(C)cc(N(C)CCc2ccncc2)n1)C1CCS(=O)(=O)C1. The molecule has 0 aliphatic carbocycles. The van der Waals surface area contributed by atoms with E-state index in [1.54, 1.807) is 12.4 Å². The quantitative estimate of drug-likeness (QED) is 0.715. The van der Waals surface area contributed by atoms with Gasteiger partial charge in [0.15, 0.2) is 9.84 Å². The van der Waals surface area contributed by atoms with Gasteiger partial charge in [-0.05, 0) is 44.4 Å². The van der Waals surface area contributed by atoms with E-state index in [9.17, 15) is 8.42 Å². The lowest BCUT2D eigenvalue weighted by molar-refractivity contribution is 0.599. The molecule has 1 fully saturated rings. The number of likely N-dealkylation sites (N-methyl/N-ethyl adjacent to an activating group) is 1. The number of aryl methyl sites for hydroxylation is 1. The smallest absolute Gasteiger partial charge is 0.227 e. The normalized spacial score (nSPS) is 18.4. The van der Waals surface area contributed by atoms with Gasteiger partial charge in [-0.25, -0.2) is 13.4 Å². The molecule has 0 radical (unpaired) electrons. The fourth-order valence-corrected chi connectivity index (χ4v) is 5.14. The predicted octanol–water partition coefficient (Wildman–Crippen LogP) is 1.87. The highest BCUT2D eigenvalue weighted by Gasteiger charge is 2.33. The first-order valence-corrected chi connectivity index (χ1v) is 11.1. The van der Waals surface area contributed by atoms with Gasteiger partial charge in [0.25, 0.3) is 0 Å². The second-order valence-electron chi connectivity index (χ2n) is 7.04. The van der Waals surface area contributed by atoms with Crippen molar-refractivity contribution in [3.63, 3.8) is 0 Å². The first kappa shape index (κ1) is 19.5. The molecule has 3 rings (SSSR count). The molecule has 1 unspecified atom stereocenters. The first-order valence-electron chi connectivity index (χ1n) is 9.31. The van der Waals surface area contributed by atoms with Gasteiger partial charge in [0, 0.05) is 50.3 Å². The lowest BCUT2D eigenvalue weighted by Gasteiger charge is -2.28. The Kier molecular flexibility index (Phi) is 5.94. The molecular formula is C19H27N5O2S. The van der Waals surface area contributed by atoms with Crippen LogP contribution in [0.2, 0.25) is 0 Å².